The molecule has 3 aliphatic rings. The summed E-state index contributed by atoms with van der Waals surface area (Å²) in [4.78, 5) is 15.1. The van der Waals surface area contributed by atoms with Crippen molar-refractivity contribution in [3.05, 3.63) is 47.2 Å². The fourth-order valence-electron chi connectivity index (χ4n) is 4.33. The molecule has 2 heterocycles. The molecule has 1 N–H and O–H groups in total. The lowest BCUT2D eigenvalue weighted by Crippen LogP contribution is -2.38. The van der Waals surface area contributed by atoms with E-state index in [4.69, 9.17) is 9.47 Å². The molecule has 4 rings (SSSR count). The number of aliphatic hydroxyl groups is 1. The van der Waals surface area contributed by atoms with Gasteiger partial charge in [0.1, 0.15) is 0 Å². The first-order chi connectivity index (χ1) is 14.2. The molecule has 0 unspecified atom stereocenters. The van der Waals surface area contributed by atoms with E-state index in [0.717, 1.165) is 43.5 Å². The molecular formula is C24H33NO4. The quantitative estimate of drug-likeness (QED) is 0.781. The number of carbonyl (C=O) groups excluding carboxylic acids is 1. The molecular weight excluding hydrogens is 366 g/mol. The molecule has 5 heteroatoms. The third-order valence-electron chi connectivity index (χ3n) is 6.31. The van der Waals surface area contributed by atoms with Crippen LogP contribution in [-0.4, -0.2) is 35.3 Å². The lowest BCUT2D eigenvalue weighted by Gasteiger charge is -2.32. The minimum absolute atomic E-state index is 0.0400. The molecule has 1 aromatic carbocycles. The fourth-order valence-corrected chi connectivity index (χ4v) is 4.33. The number of allylic oxidation sites excluding steroid dienone is 1. The number of ether oxygens (including phenoxy) is 2. The average molecular weight is 400 g/mol. The number of hydrogen-bond donors (Lipinski definition) is 1. The Kier molecular flexibility index (Phi) is 6.88. The van der Waals surface area contributed by atoms with Crippen LogP contribution in [0, 0.1) is 11.8 Å². The van der Waals surface area contributed by atoms with E-state index in [1.54, 1.807) is 0 Å². The van der Waals surface area contributed by atoms with E-state index in [2.05, 4.69) is 6.08 Å². The van der Waals surface area contributed by atoms with Gasteiger partial charge < -0.3 is 19.5 Å². The topological polar surface area (TPSA) is 59.0 Å². The van der Waals surface area contributed by atoms with Gasteiger partial charge in [-0.2, -0.15) is 0 Å². The Morgan fingerprint density at radius 3 is 2.34 bits per heavy atom. The molecule has 1 amide bonds. The molecule has 1 aromatic rings. The van der Waals surface area contributed by atoms with Crippen molar-refractivity contribution in [3.63, 3.8) is 0 Å². The molecule has 2 aliphatic heterocycles. The summed E-state index contributed by atoms with van der Waals surface area (Å²) in [5, 5.41) is 9.18. The Labute approximate surface area is 173 Å². The van der Waals surface area contributed by atoms with Crippen LogP contribution in [0.3, 0.4) is 0 Å². The highest BCUT2D eigenvalue weighted by Gasteiger charge is 2.38. The van der Waals surface area contributed by atoms with Crippen molar-refractivity contribution in [2.45, 2.75) is 70.9 Å². The molecule has 1 aliphatic carbocycles. The van der Waals surface area contributed by atoms with Crippen LogP contribution in [-0.2, 0) is 27.5 Å². The average Bonchev–Trinajstić information content (AvgIpc) is 3.57. The molecule has 5 nitrogen and oxygen atoms in total. The van der Waals surface area contributed by atoms with E-state index in [1.807, 2.05) is 29.2 Å². The number of nitrogens with zero attached hydrogens (tertiary/aromatic N) is 1. The second kappa shape index (κ2) is 9.77. The number of rotatable bonds is 6. The minimum atomic E-state index is -0.378. The Morgan fingerprint density at radius 1 is 1.03 bits per heavy atom. The third kappa shape index (κ3) is 5.61. The van der Waals surface area contributed by atoms with Crippen molar-refractivity contribution >= 4 is 5.91 Å². The second-order valence-corrected chi connectivity index (χ2v) is 8.66. The van der Waals surface area contributed by atoms with Gasteiger partial charge in [0.2, 0.25) is 6.29 Å². The van der Waals surface area contributed by atoms with Crippen LogP contribution >= 0.6 is 0 Å². The van der Waals surface area contributed by atoms with E-state index in [1.165, 1.54) is 32.1 Å². The molecule has 1 saturated heterocycles. The molecule has 2 fully saturated rings. The third-order valence-corrected chi connectivity index (χ3v) is 6.31. The molecule has 29 heavy (non-hydrogen) atoms. The summed E-state index contributed by atoms with van der Waals surface area (Å²) in [7, 11) is 0. The van der Waals surface area contributed by atoms with Crippen molar-refractivity contribution in [2.24, 2.45) is 11.8 Å². The van der Waals surface area contributed by atoms with Gasteiger partial charge in [-0.3, -0.25) is 4.79 Å². The minimum Gasteiger partial charge on any atom is -0.459 e. The Bertz CT molecular complexity index is 702. The van der Waals surface area contributed by atoms with Crippen molar-refractivity contribution in [1.29, 1.82) is 0 Å². The summed E-state index contributed by atoms with van der Waals surface area (Å²) in [5.41, 5.74) is 1.93. The summed E-state index contributed by atoms with van der Waals surface area (Å²) >= 11 is 0. The lowest BCUT2D eigenvalue weighted by atomic mass is 9.96. The van der Waals surface area contributed by atoms with Crippen molar-refractivity contribution < 1.29 is 19.4 Å². The maximum absolute atomic E-state index is 13.2. The van der Waals surface area contributed by atoms with E-state index in [0.29, 0.717) is 24.2 Å². The van der Waals surface area contributed by atoms with E-state index in [-0.39, 0.29) is 18.8 Å². The van der Waals surface area contributed by atoms with Gasteiger partial charge in [-0.25, -0.2) is 0 Å². The predicted octanol–water partition coefficient (Wildman–Crippen LogP) is 4.14. The molecule has 158 valence electrons. The first-order valence-electron chi connectivity index (χ1n) is 11.2. The van der Waals surface area contributed by atoms with Gasteiger partial charge in [-0.05, 0) is 54.7 Å². The zero-order valence-electron chi connectivity index (χ0n) is 17.2. The summed E-state index contributed by atoms with van der Waals surface area (Å²) in [5.74, 6) is 1.58. The number of amides is 1. The lowest BCUT2D eigenvalue weighted by molar-refractivity contribution is -0.159. The van der Waals surface area contributed by atoms with Gasteiger partial charge in [0.05, 0.1) is 13.2 Å². The maximum atomic E-state index is 13.2. The molecule has 0 aromatic heterocycles. The van der Waals surface area contributed by atoms with E-state index < -0.39 is 0 Å². The number of hydrogen-bond acceptors (Lipinski definition) is 4. The van der Waals surface area contributed by atoms with Gasteiger partial charge in [-0.15, -0.1) is 0 Å². The Hall–Kier alpha value is -1.85. The largest absolute Gasteiger partial charge is 0.459 e. The van der Waals surface area contributed by atoms with Crippen LogP contribution in [0.15, 0.2) is 36.1 Å². The van der Waals surface area contributed by atoms with Crippen LogP contribution in [0.5, 0.6) is 0 Å². The van der Waals surface area contributed by atoms with Crippen molar-refractivity contribution in [3.8, 4) is 0 Å². The number of benzene rings is 1. The SMILES string of the molecule is O=C(C1=C[C@H](C2CC2)C[C@H](OCc2ccc(CO)cc2)O1)N1CCCCCCC1. The first kappa shape index (κ1) is 20.4. The summed E-state index contributed by atoms with van der Waals surface area (Å²) in [6.45, 7) is 2.15. The van der Waals surface area contributed by atoms with Gasteiger partial charge in [-0.1, -0.05) is 43.5 Å². The molecule has 0 radical (unpaired) electrons. The van der Waals surface area contributed by atoms with Crippen LogP contribution < -0.4 is 0 Å². The predicted molar refractivity (Wildman–Crippen MR) is 111 cm³/mol. The number of aliphatic hydroxyl groups excluding tert-OH is 1. The zero-order chi connectivity index (χ0) is 20.1. The monoisotopic (exact) mass is 399 g/mol. The summed E-state index contributed by atoms with van der Waals surface area (Å²) in [6, 6.07) is 7.75. The fraction of sp³-hybridized carbons (Fsp3) is 0.625. The van der Waals surface area contributed by atoms with Gasteiger partial charge in [0, 0.05) is 19.5 Å². The number of likely N-dealkylation sites (tertiary alicyclic amines) is 1. The highest BCUT2D eigenvalue weighted by atomic mass is 16.7. The standard InChI is InChI=1S/C24H33NO4/c26-16-18-6-8-19(9-7-18)17-28-23-15-21(20-10-11-20)14-22(29-23)24(27)25-12-4-2-1-3-5-13-25/h6-9,14,20-21,23,26H,1-5,10-13,15-17H2/t21-,23+/m0/s1. The van der Waals surface area contributed by atoms with Crippen LogP contribution in [0.1, 0.15) is 62.5 Å². The van der Waals surface area contributed by atoms with Crippen molar-refractivity contribution in [2.75, 3.05) is 13.1 Å². The second-order valence-electron chi connectivity index (χ2n) is 8.66. The smallest absolute Gasteiger partial charge is 0.288 e. The molecule has 2 atom stereocenters. The zero-order valence-corrected chi connectivity index (χ0v) is 17.2. The Balaban J connectivity index is 1.39. The van der Waals surface area contributed by atoms with Gasteiger partial charge >= 0.3 is 0 Å². The van der Waals surface area contributed by atoms with Crippen LogP contribution in [0.4, 0.5) is 0 Å². The highest BCUT2D eigenvalue weighted by molar-refractivity contribution is 5.91. The molecule has 1 saturated carbocycles. The highest BCUT2D eigenvalue weighted by Crippen LogP contribution is 2.43. The summed E-state index contributed by atoms with van der Waals surface area (Å²) < 4.78 is 12.1. The molecule has 0 bridgehead atoms. The first-order valence-corrected chi connectivity index (χ1v) is 11.2. The van der Waals surface area contributed by atoms with Gasteiger partial charge in [0.15, 0.2) is 5.76 Å². The van der Waals surface area contributed by atoms with E-state index in [9.17, 15) is 9.90 Å². The van der Waals surface area contributed by atoms with Crippen LogP contribution in [0.25, 0.3) is 0 Å². The van der Waals surface area contributed by atoms with Crippen LogP contribution in [0.2, 0.25) is 0 Å². The summed E-state index contributed by atoms with van der Waals surface area (Å²) in [6.07, 6.45) is 10.8. The normalized spacial score (nSPS) is 25.6. The Morgan fingerprint density at radius 2 is 1.69 bits per heavy atom. The van der Waals surface area contributed by atoms with E-state index >= 15 is 0 Å². The van der Waals surface area contributed by atoms with Crippen molar-refractivity contribution in [1.82, 2.24) is 4.90 Å². The molecule has 0 spiro atoms. The van der Waals surface area contributed by atoms with Gasteiger partial charge in [0.25, 0.3) is 5.91 Å². The number of carbonyl (C=O) groups is 1. The maximum Gasteiger partial charge on any atom is 0.288 e.